The van der Waals surface area contributed by atoms with Crippen LogP contribution in [-0.2, 0) is 10.8 Å². The van der Waals surface area contributed by atoms with Crippen molar-refractivity contribution in [3.63, 3.8) is 0 Å². The molecule has 4 heteroatoms. The van der Waals surface area contributed by atoms with Gasteiger partial charge in [-0.2, -0.15) is 0 Å². The van der Waals surface area contributed by atoms with Crippen molar-refractivity contribution in [2.75, 3.05) is 25.5 Å². The molecule has 2 spiro atoms. The Morgan fingerprint density at radius 1 is 0.960 bits per heavy atom. The minimum absolute atomic E-state index is 0.104. The minimum Gasteiger partial charge on any atom is -0.363 e. The minimum atomic E-state index is -0.111. The first-order valence-corrected chi connectivity index (χ1v) is 9.09. The molecule has 0 aliphatic carbocycles. The number of para-hydroxylation sites is 2. The zero-order valence-corrected chi connectivity index (χ0v) is 14.3. The molecule has 4 heterocycles. The SMILES string of the molecule is CN1CC[C@]23C1=NCC[C@@]21C(=Nc2ccccc21)Nc1ccccc13. The van der Waals surface area contributed by atoms with Gasteiger partial charge in [-0.05, 0) is 36.1 Å². The number of fused-ring (bicyclic) bond motifs is 2. The van der Waals surface area contributed by atoms with E-state index in [0.29, 0.717) is 0 Å². The number of amidine groups is 2. The van der Waals surface area contributed by atoms with E-state index in [9.17, 15) is 0 Å². The van der Waals surface area contributed by atoms with Gasteiger partial charge < -0.3 is 10.2 Å². The Balaban J connectivity index is 1.77. The highest BCUT2D eigenvalue weighted by atomic mass is 15.2. The number of hydrogen-bond donors (Lipinski definition) is 1. The molecule has 0 aromatic heterocycles. The second-order valence-electron chi connectivity index (χ2n) is 7.59. The van der Waals surface area contributed by atoms with Crippen molar-refractivity contribution in [3.05, 3.63) is 59.7 Å². The predicted molar refractivity (Wildman–Crippen MR) is 101 cm³/mol. The lowest BCUT2D eigenvalue weighted by atomic mass is 9.51. The summed E-state index contributed by atoms with van der Waals surface area (Å²) in [7, 11) is 2.19. The van der Waals surface area contributed by atoms with Crippen LogP contribution in [0.5, 0.6) is 0 Å². The highest BCUT2D eigenvalue weighted by molar-refractivity contribution is 6.18. The molecule has 6 rings (SSSR count). The molecule has 124 valence electrons. The lowest BCUT2D eigenvalue weighted by molar-refractivity contribution is 0.346. The molecule has 2 aromatic rings. The summed E-state index contributed by atoms with van der Waals surface area (Å²) in [5.41, 5.74) is 4.85. The first-order valence-electron chi connectivity index (χ1n) is 9.09. The lowest BCUT2D eigenvalue weighted by Gasteiger charge is -2.53. The molecule has 1 N–H and O–H groups in total. The Kier molecular flexibility index (Phi) is 2.35. The molecule has 4 aliphatic heterocycles. The van der Waals surface area contributed by atoms with Crippen LogP contribution in [0.1, 0.15) is 24.0 Å². The third-order valence-electron chi connectivity index (χ3n) is 6.68. The Bertz CT molecular complexity index is 975. The quantitative estimate of drug-likeness (QED) is 0.804. The summed E-state index contributed by atoms with van der Waals surface area (Å²) in [5, 5.41) is 3.69. The van der Waals surface area contributed by atoms with Gasteiger partial charge in [-0.3, -0.25) is 4.99 Å². The van der Waals surface area contributed by atoms with Crippen LogP contribution in [0.25, 0.3) is 0 Å². The first-order chi connectivity index (χ1) is 12.3. The molecule has 1 fully saturated rings. The number of nitrogens with one attached hydrogen (secondary N) is 1. The molecule has 2 aromatic carbocycles. The van der Waals surface area contributed by atoms with E-state index < -0.39 is 0 Å². The number of aliphatic imine (C=N–C) groups is 2. The van der Waals surface area contributed by atoms with Crippen LogP contribution in [0.15, 0.2) is 58.5 Å². The summed E-state index contributed by atoms with van der Waals surface area (Å²) in [6.07, 6.45) is 2.11. The molecule has 0 bridgehead atoms. The van der Waals surface area contributed by atoms with Gasteiger partial charge in [-0.1, -0.05) is 36.4 Å². The van der Waals surface area contributed by atoms with Gasteiger partial charge in [0.1, 0.15) is 11.7 Å². The van der Waals surface area contributed by atoms with Crippen LogP contribution < -0.4 is 5.32 Å². The van der Waals surface area contributed by atoms with Gasteiger partial charge >= 0.3 is 0 Å². The van der Waals surface area contributed by atoms with Crippen LogP contribution in [0.2, 0.25) is 0 Å². The van der Waals surface area contributed by atoms with E-state index in [2.05, 4.69) is 65.8 Å². The molecule has 0 saturated carbocycles. The Morgan fingerprint density at radius 2 is 1.76 bits per heavy atom. The van der Waals surface area contributed by atoms with E-state index in [4.69, 9.17) is 9.98 Å². The van der Waals surface area contributed by atoms with Crippen LogP contribution in [-0.4, -0.2) is 36.7 Å². The topological polar surface area (TPSA) is 40.0 Å². The van der Waals surface area contributed by atoms with Gasteiger partial charge in [0.25, 0.3) is 0 Å². The average molecular weight is 328 g/mol. The second-order valence-corrected chi connectivity index (χ2v) is 7.59. The second kappa shape index (κ2) is 4.31. The third kappa shape index (κ3) is 1.34. The molecule has 0 radical (unpaired) electrons. The van der Waals surface area contributed by atoms with Gasteiger partial charge in [0, 0.05) is 25.8 Å². The lowest BCUT2D eigenvalue weighted by Crippen LogP contribution is -2.63. The molecule has 0 amide bonds. The maximum Gasteiger partial charge on any atom is 0.119 e. The first kappa shape index (κ1) is 13.6. The molecule has 2 atom stereocenters. The molecule has 4 nitrogen and oxygen atoms in total. The van der Waals surface area contributed by atoms with Crippen molar-refractivity contribution in [2.45, 2.75) is 23.7 Å². The maximum absolute atomic E-state index is 5.06. The molecule has 25 heavy (non-hydrogen) atoms. The zero-order chi connectivity index (χ0) is 16.6. The molecule has 0 unspecified atom stereocenters. The standard InChI is InChI=1S/C21H20N4/c1-25-13-11-21-15-7-3-5-9-17(15)24-18-20(21,10-12-22-19(21)25)14-6-2-4-8-16(14)23-18/h2-9H,10-13H2,1H3,(H,23,24)/t20-,21+/m1/s1. The number of likely N-dealkylation sites (tertiary alicyclic amines) is 1. The molecule has 1 saturated heterocycles. The number of likely N-dealkylation sites (N-methyl/N-ethyl adjacent to an activating group) is 1. The molecular formula is C21H20N4. The predicted octanol–water partition coefficient (Wildman–Crippen LogP) is 3.47. The summed E-state index contributed by atoms with van der Waals surface area (Å²) in [4.78, 5) is 12.5. The van der Waals surface area contributed by atoms with E-state index in [0.717, 1.165) is 37.5 Å². The van der Waals surface area contributed by atoms with Crippen molar-refractivity contribution < 1.29 is 0 Å². The molecular weight excluding hydrogens is 308 g/mol. The fraction of sp³-hybridized carbons (Fsp3) is 0.333. The van der Waals surface area contributed by atoms with Crippen molar-refractivity contribution in [3.8, 4) is 0 Å². The van der Waals surface area contributed by atoms with E-state index >= 15 is 0 Å². The van der Waals surface area contributed by atoms with Gasteiger partial charge in [-0.15, -0.1) is 0 Å². The van der Waals surface area contributed by atoms with Gasteiger partial charge in [0.05, 0.1) is 16.5 Å². The number of rotatable bonds is 0. The largest absolute Gasteiger partial charge is 0.363 e. The van der Waals surface area contributed by atoms with E-state index in [-0.39, 0.29) is 10.8 Å². The number of benzene rings is 2. The number of nitrogens with zero attached hydrogens (tertiary/aromatic N) is 3. The van der Waals surface area contributed by atoms with Crippen LogP contribution in [0.4, 0.5) is 11.4 Å². The van der Waals surface area contributed by atoms with Gasteiger partial charge in [-0.25, -0.2) is 4.99 Å². The summed E-state index contributed by atoms with van der Waals surface area (Å²) < 4.78 is 0. The van der Waals surface area contributed by atoms with Gasteiger partial charge in [0.2, 0.25) is 0 Å². The summed E-state index contributed by atoms with van der Waals surface area (Å²) in [6, 6.07) is 17.4. The monoisotopic (exact) mass is 328 g/mol. The van der Waals surface area contributed by atoms with E-state index in [1.807, 2.05) is 0 Å². The summed E-state index contributed by atoms with van der Waals surface area (Å²) in [6.45, 7) is 1.91. The fourth-order valence-electron chi connectivity index (χ4n) is 5.75. The highest BCUT2D eigenvalue weighted by Gasteiger charge is 2.67. The van der Waals surface area contributed by atoms with Crippen LogP contribution >= 0.6 is 0 Å². The Morgan fingerprint density at radius 3 is 2.68 bits per heavy atom. The summed E-state index contributed by atoms with van der Waals surface area (Å²) >= 11 is 0. The Labute approximate surface area is 147 Å². The van der Waals surface area contributed by atoms with E-state index in [1.54, 1.807) is 0 Å². The smallest absolute Gasteiger partial charge is 0.119 e. The van der Waals surface area contributed by atoms with Crippen molar-refractivity contribution in [1.29, 1.82) is 0 Å². The fourth-order valence-corrected chi connectivity index (χ4v) is 5.75. The average Bonchev–Trinajstić information content (AvgIpc) is 3.15. The van der Waals surface area contributed by atoms with Crippen molar-refractivity contribution in [1.82, 2.24) is 4.90 Å². The van der Waals surface area contributed by atoms with E-state index in [1.165, 1.54) is 22.6 Å². The van der Waals surface area contributed by atoms with Crippen molar-refractivity contribution >= 4 is 23.0 Å². The van der Waals surface area contributed by atoms with Crippen LogP contribution in [0, 0.1) is 0 Å². The number of hydrogen-bond acceptors (Lipinski definition) is 4. The number of anilines is 1. The summed E-state index contributed by atoms with van der Waals surface area (Å²) in [5.74, 6) is 2.37. The normalized spacial score (nSPS) is 31.0. The highest BCUT2D eigenvalue weighted by Crippen LogP contribution is 2.62. The zero-order valence-electron chi connectivity index (χ0n) is 14.3. The molecule has 4 aliphatic rings. The maximum atomic E-state index is 5.06. The third-order valence-corrected chi connectivity index (χ3v) is 6.68. The van der Waals surface area contributed by atoms with Crippen LogP contribution in [0.3, 0.4) is 0 Å². The van der Waals surface area contributed by atoms with Crippen molar-refractivity contribution in [2.24, 2.45) is 9.98 Å². The van der Waals surface area contributed by atoms with Gasteiger partial charge in [0.15, 0.2) is 0 Å². The Hall–Kier alpha value is -2.62.